The first kappa shape index (κ1) is 16.4. The van der Waals surface area contributed by atoms with E-state index in [1.807, 2.05) is 6.92 Å². The van der Waals surface area contributed by atoms with Gasteiger partial charge in [0.1, 0.15) is 0 Å². The lowest BCUT2D eigenvalue weighted by atomic mass is 10.2. The van der Waals surface area contributed by atoms with Gasteiger partial charge in [-0.25, -0.2) is 17.5 Å². The van der Waals surface area contributed by atoms with Gasteiger partial charge in [0.15, 0.2) is 0 Å². The number of aliphatic carboxylic acids is 1. The largest absolute Gasteiger partial charge is 0.478 e. The highest BCUT2D eigenvalue weighted by molar-refractivity contribution is 7.89. The summed E-state index contributed by atoms with van der Waals surface area (Å²) in [5, 5.41) is 8.52. The van der Waals surface area contributed by atoms with Crippen LogP contribution in [0.4, 0.5) is 0 Å². The van der Waals surface area contributed by atoms with Crippen molar-refractivity contribution in [3.05, 3.63) is 35.9 Å². The molecule has 0 aliphatic rings. The summed E-state index contributed by atoms with van der Waals surface area (Å²) in [5.41, 5.74) is 0.641. The van der Waals surface area contributed by atoms with Gasteiger partial charge in [-0.1, -0.05) is 25.5 Å². The molecule has 0 atom stereocenters. The average molecular weight is 297 g/mol. The Morgan fingerprint density at radius 3 is 2.40 bits per heavy atom. The van der Waals surface area contributed by atoms with Crippen molar-refractivity contribution in [2.24, 2.45) is 0 Å². The Morgan fingerprint density at radius 2 is 1.90 bits per heavy atom. The lowest BCUT2D eigenvalue weighted by molar-refractivity contribution is -0.131. The average Bonchev–Trinajstić information content (AvgIpc) is 2.42. The summed E-state index contributed by atoms with van der Waals surface area (Å²) in [6.45, 7) is 2.49. The van der Waals surface area contributed by atoms with Crippen molar-refractivity contribution in [1.29, 1.82) is 0 Å². The van der Waals surface area contributed by atoms with Crippen LogP contribution >= 0.6 is 0 Å². The number of benzene rings is 1. The van der Waals surface area contributed by atoms with Crippen LogP contribution in [0.25, 0.3) is 6.08 Å². The summed E-state index contributed by atoms with van der Waals surface area (Å²) in [6, 6.07) is 6.14. The first-order chi connectivity index (χ1) is 9.37. The zero-order valence-electron chi connectivity index (χ0n) is 11.6. The molecule has 0 saturated carbocycles. The summed E-state index contributed by atoms with van der Waals surface area (Å²) in [4.78, 5) is 10.6. The van der Waals surface area contributed by atoms with Gasteiger partial charge in [0, 0.05) is 19.7 Å². The molecule has 5 nitrogen and oxygen atoms in total. The molecule has 1 aromatic rings. The number of hydrogen-bond donors (Lipinski definition) is 1. The Bertz CT molecular complexity index is 576. The van der Waals surface area contributed by atoms with Crippen LogP contribution in [0.1, 0.15) is 25.3 Å². The first-order valence-electron chi connectivity index (χ1n) is 6.35. The number of carboxylic acids is 1. The minimum absolute atomic E-state index is 0.212. The molecule has 0 radical (unpaired) electrons. The minimum atomic E-state index is -3.47. The second-order valence-corrected chi connectivity index (χ2v) is 6.47. The van der Waals surface area contributed by atoms with E-state index in [1.165, 1.54) is 22.5 Å². The molecular weight excluding hydrogens is 278 g/mol. The summed E-state index contributed by atoms with van der Waals surface area (Å²) < 4.78 is 25.8. The van der Waals surface area contributed by atoms with Gasteiger partial charge in [-0.05, 0) is 30.2 Å². The summed E-state index contributed by atoms with van der Waals surface area (Å²) >= 11 is 0. The standard InChI is InChI=1S/C14H19NO4S/c1-3-4-11-15(2)20(18,19)13-8-5-12(6-9-13)7-10-14(16)17/h5-10H,3-4,11H2,1-2H3,(H,16,17)/b10-7+. The number of unbranched alkanes of at least 4 members (excludes halogenated alkanes) is 1. The third kappa shape index (κ3) is 4.47. The van der Waals surface area contributed by atoms with Crippen LogP contribution in [0.5, 0.6) is 0 Å². The second kappa shape index (κ2) is 7.21. The molecule has 0 aromatic heterocycles. The van der Waals surface area contributed by atoms with Crippen molar-refractivity contribution >= 4 is 22.1 Å². The molecule has 0 bridgehead atoms. The predicted molar refractivity (Wildman–Crippen MR) is 77.8 cm³/mol. The van der Waals surface area contributed by atoms with Crippen molar-refractivity contribution in [1.82, 2.24) is 4.31 Å². The van der Waals surface area contributed by atoms with Gasteiger partial charge in [-0.15, -0.1) is 0 Å². The summed E-state index contributed by atoms with van der Waals surface area (Å²) in [6.07, 6.45) is 4.17. The Morgan fingerprint density at radius 1 is 1.30 bits per heavy atom. The molecule has 0 spiro atoms. The second-order valence-electron chi connectivity index (χ2n) is 4.42. The molecule has 0 saturated heterocycles. The summed E-state index contributed by atoms with van der Waals surface area (Å²) in [7, 11) is -1.91. The van der Waals surface area contributed by atoms with Gasteiger partial charge in [-0.2, -0.15) is 0 Å². The monoisotopic (exact) mass is 297 g/mol. The lowest BCUT2D eigenvalue weighted by Crippen LogP contribution is -2.27. The Hall–Kier alpha value is -1.66. The fourth-order valence-corrected chi connectivity index (χ4v) is 2.81. The zero-order valence-corrected chi connectivity index (χ0v) is 12.4. The molecule has 1 rings (SSSR count). The van der Waals surface area contributed by atoms with Crippen molar-refractivity contribution in [3.63, 3.8) is 0 Å². The van der Waals surface area contributed by atoms with Crippen LogP contribution in [0, 0.1) is 0 Å². The first-order valence-corrected chi connectivity index (χ1v) is 7.79. The highest BCUT2D eigenvalue weighted by Crippen LogP contribution is 2.16. The van der Waals surface area contributed by atoms with E-state index in [0.29, 0.717) is 12.1 Å². The van der Waals surface area contributed by atoms with E-state index < -0.39 is 16.0 Å². The maximum Gasteiger partial charge on any atom is 0.328 e. The van der Waals surface area contributed by atoms with Crippen LogP contribution in [0.3, 0.4) is 0 Å². The highest BCUT2D eigenvalue weighted by Gasteiger charge is 2.19. The number of rotatable bonds is 7. The molecule has 20 heavy (non-hydrogen) atoms. The number of nitrogens with zero attached hydrogens (tertiary/aromatic N) is 1. The molecule has 0 aliphatic carbocycles. The van der Waals surface area contributed by atoms with E-state index >= 15 is 0 Å². The van der Waals surface area contributed by atoms with E-state index in [0.717, 1.165) is 18.9 Å². The van der Waals surface area contributed by atoms with Crippen LogP contribution < -0.4 is 0 Å². The molecule has 0 amide bonds. The minimum Gasteiger partial charge on any atom is -0.478 e. The van der Waals surface area contributed by atoms with E-state index in [9.17, 15) is 13.2 Å². The molecule has 1 N–H and O–H groups in total. The smallest absolute Gasteiger partial charge is 0.328 e. The molecular formula is C14H19NO4S. The van der Waals surface area contributed by atoms with Crippen molar-refractivity contribution in [2.45, 2.75) is 24.7 Å². The maximum atomic E-state index is 12.2. The molecule has 0 fully saturated rings. The molecule has 6 heteroatoms. The number of carbonyl (C=O) groups is 1. The van der Waals surface area contributed by atoms with Crippen molar-refractivity contribution in [3.8, 4) is 0 Å². The highest BCUT2D eigenvalue weighted by atomic mass is 32.2. The van der Waals surface area contributed by atoms with Gasteiger partial charge in [0.25, 0.3) is 0 Å². The van der Waals surface area contributed by atoms with Crippen LogP contribution in [0.15, 0.2) is 35.2 Å². The van der Waals surface area contributed by atoms with E-state index in [4.69, 9.17) is 5.11 Å². The zero-order chi connectivity index (χ0) is 15.2. The van der Waals surface area contributed by atoms with E-state index in [2.05, 4.69) is 0 Å². The van der Waals surface area contributed by atoms with Gasteiger partial charge in [-0.3, -0.25) is 0 Å². The molecule has 110 valence electrons. The van der Waals surface area contributed by atoms with Crippen LogP contribution in [0.2, 0.25) is 0 Å². The number of carboxylic acid groups (broad SMARTS) is 1. The topological polar surface area (TPSA) is 74.7 Å². The Kier molecular flexibility index (Phi) is 5.91. The molecule has 0 aliphatic heterocycles. The fraction of sp³-hybridized carbons (Fsp3) is 0.357. The summed E-state index contributed by atoms with van der Waals surface area (Å²) in [5.74, 6) is -1.04. The molecule has 0 heterocycles. The van der Waals surface area contributed by atoms with Crippen LogP contribution in [-0.2, 0) is 14.8 Å². The van der Waals surface area contributed by atoms with E-state index in [1.54, 1.807) is 19.2 Å². The third-order valence-electron chi connectivity index (χ3n) is 2.83. The van der Waals surface area contributed by atoms with Gasteiger partial charge >= 0.3 is 5.97 Å². The molecule has 1 aromatic carbocycles. The van der Waals surface area contributed by atoms with Crippen molar-refractivity contribution in [2.75, 3.05) is 13.6 Å². The third-order valence-corrected chi connectivity index (χ3v) is 4.70. The van der Waals surface area contributed by atoms with E-state index in [-0.39, 0.29) is 4.90 Å². The molecule has 0 unspecified atom stereocenters. The fourth-order valence-electron chi connectivity index (χ4n) is 1.60. The van der Waals surface area contributed by atoms with Crippen LogP contribution in [-0.4, -0.2) is 37.4 Å². The lowest BCUT2D eigenvalue weighted by Gasteiger charge is -2.16. The van der Waals surface area contributed by atoms with Gasteiger partial charge in [0.2, 0.25) is 10.0 Å². The number of hydrogen-bond acceptors (Lipinski definition) is 3. The van der Waals surface area contributed by atoms with Crippen molar-refractivity contribution < 1.29 is 18.3 Å². The Balaban J connectivity index is 2.89. The maximum absolute atomic E-state index is 12.2. The quantitative estimate of drug-likeness (QED) is 0.783. The Labute approximate surface area is 119 Å². The van der Waals surface area contributed by atoms with Gasteiger partial charge < -0.3 is 5.11 Å². The number of sulfonamides is 1. The normalized spacial score (nSPS) is 12.2. The SMILES string of the molecule is CCCCN(C)S(=O)(=O)c1ccc(/C=C/C(=O)O)cc1. The predicted octanol–water partition coefficient (Wildman–Crippen LogP) is 2.21. The van der Waals surface area contributed by atoms with Gasteiger partial charge in [0.05, 0.1) is 4.90 Å².